The van der Waals surface area contributed by atoms with Crippen LogP contribution in [0.3, 0.4) is 0 Å². The van der Waals surface area contributed by atoms with Crippen LogP contribution in [0.5, 0.6) is 0 Å². The second kappa shape index (κ2) is 17.8. The van der Waals surface area contributed by atoms with Crippen LogP contribution in [0.4, 0.5) is 0 Å². The molecule has 0 aliphatic carbocycles. The van der Waals surface area contributed by atoms with Gasteiger partial charge in [0.05, 0.1) is 5.34 Å². The van der Waals surface area contributed by atoms with Gasteiger partial charge in [0, 0.05) is 19.5 Å². The molecule has 0 aromatic rings. The molecule has 0 aromatic carbocycles. The fraction of sp³-hybridized carbons (Fsp3) is 1.00. The smallest absolute Gasteiger partial charge is 0.0967 e. The topological polar surface area (TPSA) is 0 Å². The van der Waals surface area contributed by atoms with Crippen molar-refractivity contribution < 1.29 is 19.5 Å². The summed E-state index contributed by atoms with van der Waals surface area (Å²) in [5, 5.41) is 0.194. The molecule has 0 amide bonds. The van der Waals surface area contributed by atoms with Crippen LogP contribution in [0.15, 0.2) is 0 Å². The summed E-state index contributed by atoms with van der Waals surface area (Å²) in [5.41, 5.74) is 0. The van der Waals surface area contributed by atoms with E-state index in [0.29, 0.717) is 0 Å². The van der Waals surface area contributed by atoms with E-state index in [-0.39, 0.29) is 37.2 Å². The quantitative estimate of drug-likeness (QED) is 0.400. The third-order valence-electron chi connectivity index (χ3n) is 0. The van der Waals surface area contributed by atoms with Gasteiger partial charge in [-0.2, -0.15) is 0 Å². The van der Waals surface area contributed by atoms with Crippen molar-refractivity contribution in [2.24, 2.45) is 0 Å². The molecule has 0 spiro atoms. The monoisotopic (exact) mass is 184 g/mol. The largest absolute Gasteiger partial charge is 0.147 e. The molecule has 0 saturated heterocycles. The van der Waals surface area contributed by atoms with Crippen LogP contribution in [0.25, 0.3) is 0 Å². The van der Waals surface area contributed by atoms with E-state index in [1.54, 1.807) is 0 Å². The van der Waals surface area contributed by atoms with E-state index in [2.05, 4.69) is 0 Å². The second-order valence-corrected chi connectivity index (χ2v) is 0.909. The Morgan fingerprint density at radius 2 is 1.20 bits per heavy atom. The van der Waals surface area contributed by atoms with Crippen LogP contribution in [0.1, 0.15) is 0 Å². The molecule has 0 heterocycles. The summed E-state index contributed by atoms with van der Waals surface area (Å²) in [5.74, 6) is 0. The number of hydrogen-bond acceptors (Lipinski definition) is 0. The van der Waals surface area contributed by atoms with Gasteiger partial charge in [-0.1, -0.05) is 0 Å². The fourth-order valence-corrected chi connectivity index (χ4v) is 0. The van der Waals surface area contributed by atoms with Gasteiger partial charge in [-0.15, -0.1) is 35.6 Å². The molecular weight excluding hydrogens is 184 g/mol. The van der Waals surface area contributed by atoms with Crippen LogP contribution in [0.2, 0.25) is 0 Å². The van der Waals surface area contributed by atoms with Crippen molar-refractivity contribution in [1.29, 1.82) is 0 Å². The molecular formula is CH3Cl3Zn. The molecule has 0 aliphatic heterocycles. The van der Waals surface area contributed by atoms with Gasteiger partial charge in [-0.05, 0) is 0 Å². The SMILES string of the molecule is Cl.ClCCl.[Zn]. The Balaban J connectivity index is -0.0000000200. The van der Waals surface area contributed by atoms with E-state index in [1.165, 1.54) is 0 Å². The summed E-state index contributed by atoms with van der Waals surface area (Å²) in [6, 6.07) is 0. The molecule has 0 saturated carbocycles. The van der Waals surface area contributed by atoms with Gasteiger partial charge in [-0.3, -0.25) is 0 Å². The molecule has 0 aliphatic rings. The summed E-state index contributed by atoms with van der Waals surface area (Å²) < 4.78 is 0. The van der Waals surface area contributed by atoms with Crippen LogP contribution < -0.4 is 0 Å². The maximum Gasteiger partial charge on any atom is 0.0967 e. The van der Waals surface area contributed by atoms with Crippen molar-refractivity contribution >= 4 is 35.6 Å². The van der Waals surface area contributed by atoms with E-state index < -0.39 is 0 Å². The summed E-state index contributed by atoms with van der Waals surface area (Å²) >= 11 is 9.53. The standard InChI is InChI=1S/CH2Cl2.ClH.Zn/c2-1-3;;/h1H2;1H;. The minimum absolute atomic E-state index is 0. The Morgan fingerprint density at radius 3 is 1.20 bits per heavy atom. The number of halogens is 3. The van der Waals surface area contributed by atoms with Crippen LogP contribution in [-0.2, 0) is 19.5 Å². The average molecular weight is 187 g/mol. The Morgan fingerprint density at radius 1 is 1.20 bits per heavy atom. The molecule has 0 bridgehead atoms. The molecule has 0 aromatic heterocycles. The Hall–Kier alpha value is 1.49. The first kappa shape index (κ1) is 16.1. The minimum atomic E-state index is 0. The first-order valence-corrected chi connectivity index (χ1v) is 1.60. The molecule has 0 nitrogen and oxygen atoms in total. The number of alkyl halides is 2. The van der Waals surface area contributed by atoms with E-state index in [0.717, 1.165) is 0 Å². The Kier molecular flexibility index (Phi) is 57.3. The molecule has 0 N–H and O–H groups in total. The van der Waals surface area contributed by atoms with E-state index in [1.807, 2.05) is 0 Å². The number of rotatable bonds is 0. The van der Waals surface area contributed by atoms with Crippen molar-refractivity contribution in [1.82, 2.24) is 0 Å². The van der Waals surface area contributed by atoms with E-state index in [9.17, 15) is 0 Å². The van der Waals surface area contributed by atoms with Crippen LogP contribution in [0, 0.1) is 0 Å². The molecule has 0 unspecified atom stereocenters. The molecule has 0 radical (unpaired) electrons. The molecule has 5 heavy (non-hydrogen) atoms. The molecule has 0 rings (SSSR count). The maximum absolute atomic E-state index is 4.76. The van der Waals surface area contributed by atoms with Crippen molar-refractivity contribution in [2.45, 2.75) is 0 Å². The van der Waals surface area contributed by atoms with E-state index in [4.69, 9.17) is 23.2 Å². The minimum Gasteiger partial charge on any atom is -0.147 e. The molecule has 4 heteroatoms. The second-order valence-electron chi connectivity index (χ2n) is 0.101. The predicted molar refractivity (Wildman–Crippen MR) is 23.8 cm³/mol. The summed E-state index contributed by atoms with van der Waals surface area (Å²) in [6.45, 7) is 0. The first-order valence-electron chi connectivity index (χ1n) is 0.535. The van der Waals surface area contributed by atoms with Gasteiger partial charge in [0.15, 0.2) is 0 Å². The van der Waals surface area contributed by atoms with Crippen LogP contribution >= 0.6 is 35.6 Å². The zero-order valence-corrected chi connectivity index (χ0v) is 7.87. The van der Waals surface area contributed by atoms with Crippen molar-refractivity contribution in [3.05, 3.63) is 0 Å². The van der Waals surface area contributed by atoms with Crippen LogP contribution in [-0.4, -0.2) is 5.34 Å². The van der Waals surface area contributed by atoms with Gasteiger partial charge in [-0.25, -0.2) is 0 Å². The van der Waals surface area contributed by atoms with Gasteiger partial charge >= 0.3 is 0 Å². The molecule has 30 valence electrons. The Labute approximate surface area is 60.4 Å². The predicted octanol–water partition coefficient (Wildman–Crippen LogP) is 1.84. The third kappa shape index (κ3) is 30.1. The molecule has 0 atom stereocenters. The third-order valence-corrected chi connectivity index (χ3v) is 0. The normalized spacial score (nSPS) is 3.60. The fourth-order valence-electron chi connectivity index (χ4n) is 0. The first-order chi connectivity index (χ1) is 1.41. The number of hydrogen-bond donors (Lipinski definition) is 0. The van der Waals surface area contributed by atoms with Gasteiger partial charge < -0.3 is 0 Å². The zero-order chi connectivity index (χ0) is 2.71. The Bertz CT molecular complexity index is 6.85. The van der Waals surface area contributed by atoms with Gasteiger partial charge in [0.25, 0.3) is 0 Å². The van der Waals surface area contributed by atoms with Gasteiger partial charge in [0.2, 0.25) is 0 Å². The van der Waals surface area contributed by atoms with Gasteiger partial charge in [0.1, 0.15) is 0 Å². The van der Waals surface area contributed by atoms with Crippen molar-refractivity contribution in [3.8, 4) is 0 Å². The summed E-state index contributed by atoms with van der Waals surface area (Å²) in [4.78, 5) is 0. The van der Waals surface area contributed by atoms with Crippen molar-refractivity contribution in [3.63, 3.8) is 0 Å². The average Bonchev–Trinajstić information content (AvgIpc) is 0.918. The maximum atomic E-state index is 4.76. The zero-order valence-electron chi connectivity index (χ0n) is 2.58. The van der Waals surface area contributed by atoms with E-state index >= 15 is 0 Å². The molecule has 0 fully saturated rings. The summed E-state index contributed by atoms with van der Waals surface area (Å²) in [7, 11) is 0. The summed E-state index contributed by atoms with van der Waals surface area (Å²) in [6.07, 6.45) is 0. The van der Waals surface area contributed by atoms with Crippen molar-refractivity contribution in [2.75, 3.05) is 5.34 Å².